The zero-order valence-electron chi connectivity index (χ0n) is 8.57. The van der Waals surface area contributed by atoms with Gasteiger partial charge in [0.1, 0.15) is 10.8 Å². The van der Waals surface area contributed by atoms with Crippen molar-refractivity contribution in [3.8, 4) is 10.6 Å². The van der Waals surface area contributed by atoms with E-state index in [0.29, 0.717) is 5.92 Å². The Balaban J connectivity index is 2.37. The van der Waals surface area contributed by atoms with Gasteiger partial charge >= 0.3 is 0 Å². The van der Waals surface area contributed by atoms with Crippen LogP contribution in [0.4, 0.5) is 4.39 Å². The van der Waals surface area contributed by atoms with E-state index in [9.17, 15) is 4.39 Å². The molecule has 15 heavy (non-hydrogen) atoms. The first-order valence-electron chi connectivity index (χ1n) is 4.73. The second-order valence-electron chi connectivity index (χ2n) is 3.62. The summed E-state index contributed by atoms with van der Waals surface area (Å²) in [7, 11) is 0. The molecule has 4 heteroatoms. The number of pyridine rings is 1. The molecule has 0 N–H and O–H groups in total. The van der Waals surface area contributed by atoms with Gasteiger partial charge in [-0.15, -0.1) is 11.3 Å². The minimum absolute atomic E-state index is 0.325. The highest BCUT2D eigenvalue weighted by Crippen LogP contribution is 2.26. The Morgan fingerprint density at radius 3 is 2.73 bits per heavy atom. The highest BCUT2D eigenvalue weighted by atomic mass is 32.1. The normalized spacial score (nSPS) is 10.9. The molecular formula is C11H11FN2S. The van der Waals surface area contributed by atoms with E-state index in [1.807, 2.05) is 5.38 Å². The minimum Gasteiger partial charge on any atom is -0.261 e. The Kier molecular flexibility index (Phi) is 2.77. The highest BCUT2D eigenvalue weighted by molar-refractivity contribution is 7.13. The van der Waals surface area contributed by atoms with Crippen molar-refractivity contribution in [1.82, 2.24) is 9.97 Å². The van der Waals surface area contributed by atoms with E-state index in [-0.39, 0.29) is 5.82 Å². The van der Waals surface area contributed by atoms with E-state index < -0.39 is 0 Å². The Hall–Kier alpha value is -1.29. The minimum atomic E-state index is -0.325. The summed E-state index contributed by atoms with van der Waals surface area (Å²) < 4.78 is 12.9. The van der Waals surface area contributed by atoms with E-state index in [1.54, 1.807) is 6.20 Å². The molecule has 0 unspecified atom stereocenters. The molecule has 0 spiro atoms. The van der Waals surface area contributed by atoms with Crippen molar-refractivity contribution in [2.24, 2.45) is 0 Å². The van der Waals surface area contributed by atoms with Crippen molar-refractivity contribution in [1.29, 1.82) is 0 Å². The monoisotopic (exact) mass is 222 g/mol. The van der Waals surface area contributed by atoms with Gasteiger partial charge in [0.15, 0.2) is 0 Å². The molecule has 78 valence electrons. The first-order chi connectivity index (χ1) is 7.16. The number of aromatic nitrogens is 2. The number of nitrogens with zero attached hydrogens (tertiary/aromatic N) is 2. The zero-order valence-corrected chi connectivity index (χ0v) is 9.38. The van der Waals surface area contributed by atoms with Crippen LogP contribution in [0.15, 0.2) is 23.8 Å². The molecule has 2 rings (SSSR count). The SMILES string of the molecule is CC(C)c1csc(-c2cncc(F)c2)n1. The standard InChI is InChI=1S/C11H11FN2S/c1-7(2)10-6-15-11(14-10)8-3-9(12)5-13-4-8/h3-7H,1-2H3. The molecular weight excluding hydrogens is 211 g/mol. The fourth-order valence-corrected chi connectivity index (χ4v) is 2.18. The van der Waals surface area contributed by atoms with Gasteiger partial charge in [0.05, 0.1) is 11.9 Å². The summed E-state index contributed by atoms with van der Waals surface area (Å²) in [5.74, 6) is 0.0744. The van der Waals surface area contributed by atoms with E-state index in [2.05, 4.69) is 23.8 Å². The Bertz CT molecular complexity index is 465. The molecule has 0 atom stereocenters. The van der Waals surface area contributed by atoms with E-state index in [0.717, 1.165) is 16.3 Å². The molecule has 2 aromatic rings. The third-order valence-corrected chi connectivity index (χ3v) is 2.97. The summed E-state index contributed by atoms with van der Waals surface area (Å²) in [6.45, 7) is 4.17. The average Bonchev–Trinajstić information content (AvgIpc) is 2.66. The lowest BCUT2D eigenvalue weighted by Gasteiger charge is -1.97. The molecule has 0 aromatic carbocycles. The molecule has 0 fully saturated rings. The number of thiazole rings is 1. The fraction of sp³-hybridized carbons (Fsp3) is 0.273. The topological polar surface area (TPSA) is 25.8 Å². The smallest absolute Gasteiger partial charge is 0.142 e. The Morgan fingerprint density at radius 2 is 2.13 bits per heavy atom. The molecule has 2 aromatic heterocycles. The van der Waals surface area contributed by atoms with Gasteiger partial charge in [-0.2, -0.15) is 0 Å². The number of hydrogen-bond acceptors (Lipinski definition) is 3. The van der Waals surface area contributed by atoms with Crippen molar-refractivity contribution in [3.05, 3.63) is 35.4 Å². The quantitative estimate of drug-likeness (QED) is 0.777. The molecule has 0 aliphatic rings. The summed E-state index contributed by atoms with van der Waals surface area (Å²) in [4.78, 5) is 8.24. The molecule has 0 radical (unpaired) electrons. The molecule has 0 amide bonds. The summed E-state index contributed by atoms with van der Waals surface area (Å²) in [5, 5.41) is 2.83. The lowest BCUT2D eigenvalue weighted by molar-refractivity contribution is 0.622. The van der Waals surface area contributed by atoms with Crippen LogP contribution in [0, 0.1) is 5.82 Å². The molecule has 0 aliphatic carbocycles. The van der Waals surface area contributed by atoms with E-state index in [1.165, 1.54) is 23.6 Å². The summed E-state index contributed by atoms with van der Waals surface area (Å²) >= 11 is 1.52. The van der Waals surface area contributed by atoms with Crippen molar-refractivity contribution < 1.29 is 4.39 Å². The number of halogens is 1. The maximum atomic E-state index is 12.9. The summed E-state index contributed by atoms with van der Waals surface area (Å²) in [6, 6.07) is 1.45. The Labute approximate surface area is 91.8 Å². The van der Waals surface area contributed by atoms with Crippen LogP contribution in [0.3, 0.4) is 0 Å². The van der Waals surface area contributed by atoms with Crippen molar-refractivity contribution >= 4 is 11.3 Å². The van der Waals surface area contributed by atoms with Gasteiger partial charge in [-0.25, -0.2) is 9.37 Å². The largest absolute Gasteiger partial charge is 0.261 e. The van der Waals surface area contributed by atoms with Gasteiger partial charge in [0, 0.05) is 17.1 Å². The van der Waals surface area contributed by atoms with E-state index >= 15 is 0 Å². The van der Waals surface area contributed by atoms with Crippen LogP contribution in [0.5, 0.6) is 0 Å². The number of hydrogen-bond donors (Lipinski definition) is 0. The second kappa shape index (κ2) is 4.06. The first kappa shape index (κ1) is 10.2. The third-order valence-electron chi connectivity index (χ3n) is 2.07. The predicted molar refractivity (Wildman–Crippen MR) is 59.4 cm³/mol. The molecule has 0 saturated carbocycles. The summed E-state index contributed by atoms with van der Waals surface area (Å²) in [6.07, 6.45) is 2.83. The predicted octanol–water partition coefficient (Wildman–Crippen LogP) is 3.47. The molecule has 0 bridgehead atoms. The highest BCUT2D eigenvalue weighted by Gasteiger charge is 2.08. The maximum absolute atomic E-state index is 12.9. The van der Waals surface area contributed by atoms with Gasteiger partial charge in [-0.05, 0) is 12.0 Å². The van der Waals surface area contributed by atoms with Crippen molar-refractivity contribution in [3.63, 3.8) is 0 Å². The van der Waals surface area contributed by atoms with Crippen LogP contribution in [0.1, 0.15) is 25.5 Å². The molecule has 0 aliphatic heterocycles. The molecule has 2 heterocycles. The van der Waals surface area contributed by atoms with Gasteiger partial charge in [-0.3, -0.25) is 4.98 Å². The summed E-state index contributed by atoms with van der Waals surface area (Å²) in [5.41, 5.74) is 1.78. The van der Waals surface area contributed by atoms with Gasteiger partial charge in [0.25, 0.3) is 0 Å². The fourth-order valence-electron chi connectivity index (χ4n) is 1.21. The van der Waals surface area contributed by atoms with Crippen molar-refractivity contribution in [2.75, 3.05) is 0 Å². The van der Waals surface area contributed by atoms with Gasteiger partial charge in [-0.1, -0.05) is 13.8 Å². The lowest BCUT2D eigenvalue weighted by atomic mass is 10.2. The zero-order chi connectivity index (χ0) is 10.8. The third kappa shape index (κ3) is 2.21. The van der Waals surface area contributed by atoms with Crippen LogP contribution in [-0.2, 0) is 0 Å². The lowest BCUT2D eigenvalue weighted by Crippen LogP contribution is -1.87. The molecule has 0 saturated heterocycles. The second-order valence-corrected chi connectivity index (χ2v) is 4.48. The van der Waals surface area contributed by atoms with Crippen LogP contribution >= 0.6 is 11.3 Å². The Morgan fingerprint density at radius 1 is 1.33 bits per heavy atom. The average molecular weight is 222 g/mol. The van der Waals surface area contributed by atoms with Crippen LogP contribution < -0.4 is 0 Å². The number of rotatable bonds is 2. The maximum Gasteiger partial charge on any atom is 0.142 e. The first-order valence-corrected chi connectivity index (χ1v) is 5.61. The van der Waals surface area contributed by atoms with E-state index in [4.69, 9.17) is 0 Å². The van der Waals surface area contributed by atoms with Crippen molar-refractivity contribution in [2.45, 2.75) is 19.8 Å². The van der Waals surface area contributed by atoms with Gasteiger partial charge < -0.3 is 0 Å². The van der Waals surface area contributed by atoms with Crippen LogP contribution in [0.25, 0.3) is 10.6 Å². The van der Waals surface area contributed by atoms with Crippen LogP contribution in [-0.4, -0.2) is 9.97 Å². The molecule has 2 nitrogen and oxygen atoms in total. The van der Waals surface area contributed by atoms with Crippen LogP contribution in [0.2, 0.25) is 0 Å². The van der Waals surface area contributed by atoms with Gasteiger partial charge in [0.2, 0.25) is 0 Å².